The molecule has 20 heavy (non-hydrogen) atoms. The molecule has 0 atom stereocenters. The van der Waals surface area contributed by atoms with Crippen molar-refractivity contribution in [2.24, 2.45) is 5.73 Å². The van der Waals surface area contributed by atoms with E-state index in [0.29, 0.717) is 5.69 Å². The van der Waals surface area contributed by atoms with Gasteiger partial charge in [-0.2, -0.15) is 0 Å². The van der Waals surface area contributed by atoms with Crippen molar-refractivity contribution in [3.05, 3.63) is 48.0 Å². The lowest BCUT2D eigenvalue weighted by Crippen LogP contribution is -2.19. The zero-order chi connectivity index (χ0) is 13.9. The molecule has 6 heteroatoms. The highest BCUT2D eigenvalue weighted by molar-refractivity contribution is 7.13. The molecule has 2 amide bonds. The fraction of sp³-hybridized carbons (Fsp3) is 0. The van der Waals surface area contributed by atoms with Gasteiger partial charge < -0.3 is 15.5 Å². The van der Waals surface area contributed by atoms with Crippen molar-refractivity contribution in [2.75, 3.05) is 5.32 Å². The highest BCUT2D eigenvalue weighted by Crippen LogP contribution is 2.29. The molecule has 0 saturated heterocycles. The lowest BCUT2D eigenvalue weighted by molar-refractivity contribution is 0.259. The minimum atomic E-state index is -0.577. The maximum atomic E-state index is 10.7. The van der Waals surface area contributed by atoms with E-state index in [-0.39, 0.29) is 0 Å². The average molecular weight is 285 g/mol. The van der Waals surface area contributed by atoms with Crippen LogP contribution in [0, 0.1) is 0 Å². The standard InChI is InChI=1S/C14H11N3O2S/c15-14(18)16-10-5-3-9(4-6-10)11-8-20-13(17-11)12-2-1-7-19-12/h1-8H,(H3,15,16,18). The Labute approximate surface area is 119 Å². The predicted octanol–water partition coefficient (Wildman–Crippen LogP) is 3.56. The largest absolute Gasteiger partial charge is 0.462 e. The number of nitrogens with one attached hydrogen (secondary N) is 1. The summed E-state index contributed by atoms with van der Waals surface area (Å²) in [6.07, 6.45) is 1.63. The van der Waals surface area contributed by atoms with Crippen LogP contribution in [0.3, 0.4) is 0 Å². The zero-order valence-corrected chi connectivity index (χ0v) is 11.2. The number of benzene rings is 1. The fourth-order valence-corrected chi connectivity index (χ4v) is 2.58. The zero-order valence-electron chi connectivity index (χ0n) is 10.4. The Hall–Kier alpha value is -2.60. The lowest BCUT2D eigenvalue weighted by Gasteiger charge is -2.02. The summed E-state index contributed by atoms with van der Waals surface area (Å²) in [5.74, 6) is 0.758. The van der Waals surface area contributed by atoms with E-state index in [1.54, 1.807) is 18.4 Å². The van der Waals surface area contributed by atoms with Crippen LogP contribution in [-0.4, -0.2) is 11.0 Å². The number of anilines is 1. The average Bonchev–Trinajstić information content (AvgIpc) is 3.10. The molecule has 0 spiro atoms. The molecule has 0 aliphatic rings. The maximum Gasteiger partial charge on any atom is 0.316 e. The summed E-state index contributed by atoms with van der Waals surface area (Å²) in [7, 11) is 0. The number of thiazole rings is 1. The predicted molar refractivity (Wildman–Crippen MR) is 78.5 cm³/mol. The smallest absolute Gasteiger partial charge is 0.316 e. The molecule has 3 rings (SSSR count). The van der Waals surface area contributed by atoms with Crippen molar-refractivity contribution in [2.45, 2.75) is 0 Å². The number of hydrogen-bond donors (Lipinski definition) is 2. The van der Waals surface area contributed by atoms with Gasteiger partial charge in [0.25, 0.3) is 0 Å². The SMILES string of the molecule is NC(=O)Nc1ccc(-c2csc(-c3ccco3)n2)cc1. The molecule has 0 radical (unpaired) electrons. The molecular formula is C14H11N3O2S. The Morgan fingerprint density at radius 3 is 2.70 bits per heavy atom. The number of hydrogen-bond acceptors (Lipinski definition) is 4. The van der Waals surface area contributed by atoms with Gasteiger partial charge in [0.15, 0.2) is 10.8 Å². The first kappa shape index (κ1) is 12.4. The monoisotopic (exact) mass is 285 g/mol. The summed E-state index contributed by atoms with van der Waals surface area (Å²) in [5.41, 5.74) is 7.55. The van der Waals surface area contributed by atoms with Crippen molar-refractivity contribution in [1.29, 1.82) is 0 Å². The molecule has 1 aromatic carbocycles. The Kier molecular flexibility index (Phi) is 3.22. The van der Waals surface area contributed by atoms with Crippen LogP contribution in [0.5, 0.6) is 0 Å². The van der Waals surface area contributed by atoms with Crippen LogP contribution < -0.4 is 11.1 Å². The summed E-state index contributed by atoms with van der Waals surface area (Å²) in [6, 6.07) is 10.5. The molecule has 0 aliphatic carbocycles. The quantitative estimate of drug-likeness (QED) is 0.772. The van der Waals surface area contributed by atoms with Gasteiger partial charge in [0.05, 0.1) is 12.0 Å². The van der Waals surface area contributed by atoms with E-state index in [4.69, 9.17) is 10.2 Å². The van der Waals surface area contributed by atoms with Gasteiger partial charge in [-0.05, 0) is 24.3 Å². The van der Waals surface area contributed by atoms with Crippen molar-refractivity contribution >= 4 is 23.1 Å². The number of urea groups is 1. The molecule has 0 aliphatic heterocycles. The number of carbonyl (C=O) groups is 1. The third kappa shape index (κ3) is 2.55. The third-order valence-electron chi connectivity index (χ3n) is 2.68. The molecule has 2 heterocycles. The summed E-state index contributed by atoms with van der Waals surface area (Å²) < 4.78 is 5.32. The van der Waals surface area contributed by atoms with Gasteiger partial charge in [-0.3, -0.25) is 0 Å². The number of rotatable bonds is 3. The minimum absolute atomic E-state index is 0.577. The number of amides is 2. The van der Waals surface area contributed by atoms with Crippen molar-refractivity contribution in [3.8, 4) is 22.0 Å². The third-order valence-corrected chi connectivity index (χ3v) is 3.54. The van der Waals surface area contributed by atoms with Gasteiger partial charge in [-0.1, -0.05) is 12.1 Å². The second kappa shape index (κ2) is 5.18. The van der Waals surface area contributed by atoms with Gasteiger partial charge in [-0.15, -0.1) is 11.3 Å². The Balaban J connectivity index is 1.84. The molecule has 0 fully saturated rings. The van der Waals surface area contributed by atoms with E-state index in [9.17, 15) is 4.79 Å². The number of nitrogens with zero attached hydrogens (tertiary/aromatic N) is 1. The number of aromatic nitrogens is 1. The first-order valence-corrected chi connectivity index (χ1v) is 6.76. The number of furan rings is 1. The number of primary amides is 1. The molecule has 0 bridgehead atoms. The van der Waals surface area contributed by atoms with E-state index in [1.165, 1.54) is 11.3 Å². The van der Waals surface area contributed by atoms with Crippen LogP contribution in [0.15, 0.2) is 52.5 Å². The van der Waals surface area contributed by atoms with Gasteiger partial charge in [0.1, 0.15) is 0 Å². The molecule has 2 aromatic heterocycles. The van der Waals surface area contributed by atoms with Gasteiger partial charge in [-0.25, -0.2) is 9.78 Å². The van der Waals surface area contributed by atoms with E-state index in [2.05, 4.69) is 10.3 Å². The second-order valence-corrected chi connectivity index (χ2v) is 4.94. The molecule has 0 unspecified atom stereocenters. The summed E-state index contributed by atoms with van der Waals surface area (Å²) in [4.78, 5) is 15.3. The topological polar surface area (TPSA) is 81.2 Å². The second-order valence-electron chi connectivity index (χ2n) is 4.08. The highest BCUT2D eigenvalue weighted by Gasteiger charge is 2.08. The summed E-state index contributed by atoms with van der Waals surface area (Å²) in [6.45, 7) is 0. The van der Waals surface area contributed by atoms with Gasteiger partial charge in [0.2, 0.25) is 0 Å². The van der Waals surface area contributed by atoms with Gasteiger partial charge in [0, 0.05) is 16.6 Å². The maximum absolute atomic E-state index is 10.7. The van der Waals surface area contributed by atoms with Crippen LogP contribution in [0.2, 0.25) is 0 Å². The Bertz CT molecular complexity index is 717. The number of carbonyl (C=O) groups excluding carboxylic acids is 1. The van der Waals surface area contributed by atoms with E-state index in [0.717, 1.165) is 22.0 Å². The van der Waals surface area contributed by atoms with Crippen LogP contribution in [0.25, 0.3) is 22.0 Å². The van der Waals surface area contributed by atoms with Crippen LogP contribution in [0.4, 0.5) is 10.5 Å². The summed E-state index contributed by atoms with van der Waals surface area (Å²) in [5, 5.41) is 5.32. The number of nitrogens with two attached hydrogens (primary N) is 1. The van der Waals surface area contributed by atoms with Crippen molar-refractivity contribution < 1.29 is 9.21 Å². The molecule has 3 N–H and O–H groups in total. The van der Waals surface area contributed by atoms with E-state index < -0.39 is 6.03 Å². The molecule has 5 nitrogen and oxygen atoms in total. The minimum Gasteiger partial charge on any atom is -0.462 e. The van der Waals surface area contributed by atoms with Crippen LogP contribution in [-0.2, 0) is 0 Å². The van der Waals surface area contributed by atoms with E-state index in [1.807, 2.05) is 29.6 Å². The molecule has 100 valence electrons. The first-order chi connectivity index (χ1) is 9.72. The first-order valence-electron chi connectivity index (χ1n) is 5.89. The fourth-order valence-electron chi connectivity index (χ4n) is 1.79. The summed E-state index contributed by atoms with van der Waals surface area (Å²) >= 11 is 1.52. The normalized spacial score (nSPS) is 10.4. The van der Waals surface area contributed by atoms with Gasteiger partial charge >= 0.3 is 6.03 Å². The Morgan fingerprint density at radius 2 is 2.05 bits per heavy atom. The van der Waals surface area contributed by atoms with Crippen molar-refractivity contribution in [1.82, 2.24) is 4.98 Å². The molecule has 3 aromatic rings. The van der Waals surface area contributed by atoms with E-state index >= 15 is 0 Å². The highest BCUT2D eigenvalue weighted by atomic mass is 32.1. The Morgan fingerprint density at radius 1 is 1.25 bits per heavy atom. The van der Waals surface area contributed by atoms with Crippen molar-refractivity contribution in [3.63, 3.8) is 0 Å². The van der Waals surface area contributed by atoms with Crippen LogP contribution >= 0.6 is 11.3 Å². The van der Waals surface area contributed by atoms with Crippen LogP contribution in [0.1, 0.15) is 0 Å². The lowest BCUT2D eigenvalue weighted by atomic mass is 10.1. The molecular weight excluding hydrogens is 274 g/mol. The molecule has 0 saturated carbocycles.